The summed E-state index contributed by atoms with van der Waals surface area (Å²) in [6.07, 6.45) is 0.986. The number of nitrogen functional groups attached to an aromatic ring is 1. The minimum absolute atomic E-state index is 0.0609. The van der Waals surface area contributed by atoms with E-state index in [4.69, 9.17) is 5.73 Å². The fourth-order valence-corrected chi connectivity index (χ4v) is 2.42. The van der Waals surface area contributed by atoms with E-state index in [9.17, 15) is 4.79 Å². The van der Waals surface area contributed by atoms with Gasteiger partial charge in [0.2, 0.25) is 0 Å². The summed E-state index contributed by atoms with van der Waals surface area (Å²) in [5.74, 6) is 0.269. The summed E-state index contributed by atoms with van der Waals surface area (Å²) >= 11 is 0. The maximum atomic E-state index is 12.3. The van der Waals surface area contributed by atoms with Crippen molar-refractivity contribution in [1.82, 2.24) is 5.32 Å². The molecule has 0 radical (unpaired) electrons. The third-order valence-corrected chi connectivity index (χ3v) is 3.78. The van der Waals surface area contributed by atoms with Crippen LogP contribution in [0.5, 0.6) is 0 Å². The van der Waals surface area contributed by atoms with Crippen molar-refractivity contribution in [3.05, 3.63) is 65.2 Å². The molecule has 0 bridgehead atoms. The molecule has 0 fully saturated rings. The van der Waals surface area contributed by atoms with Crippen molar-refractivity contribution in [2.45, 2.75) is 26.2 Å². The Balaban J connectivity index is 2.04. The first-order valence-electron chi connectivity index (χ1n) is 7.31. The number of hydrogen-bond acceptors (Lipinski definition) is 2. The summed E-state index contributed by atoms with van der Waals surface area (Å²) in [5.41, 5.74) is 9.21. The van der Waals surface area contributed by atoms with Gasteiger partial charge in [-0.1, -0.05) is 43.3 Å². The van der Waals surface area contributed by atoms with Crippen LogP contribution >= 0.6 is 0 Å². The van der Waals surface area contributed by atoms with Gasteiger partial charge in [-0.2, -0.15) is 0 Å². The maximum Gasteiger partial charge on any atom is 0.251 e. The van der Waals surface area contributed by atoms with Crippen molar-refractivity contribution in [3.63, 3.8) is 0 Å². The highest BCUT2D eigenvalue weighted by Crippen LogP contribution is 2.18. The molecule has 1 amide bonds. The van der Waals surface area contributed by atoms with Gasteiger partial charge in [-0.05, 0) is 36.6 Å². The number of carbonyl (C=O) groups excluding carboxylic acids is 1. The van der Waals surface area contributed by atoms with Crippen molar-refractivity contribution in [1.29, 1.82) is 0 Å². The summed E-state index contributed by atoms with van der Waals surface area (Å²) in [5, 5.41) is 3.02. The lowest BCUT2D eigenvalue weighted by molar-refractivity contribution is 0.0950. The van der Waals surface area contributed by atoms with E-state index in [0.717, 1.165) is 12.0 Å². The van der Waals surface area contributed by atoms with Crippen LogP contribution in [0.15, 0.2) is 48.5 Å². The van der Waals surface area contributed by atoms with Crippen molar-refractivity contribution in [3.8, 4) is 0 Å². The van der Waals surface area contributed by atoms with Gasteiger partial charge in [0, 0.05) is 23.7 Å². The fourth-order valence-electron chi connectivity index (χ4n) is 2.42. The molecule has 110 valence electrons. The summed E-state index contributed by atoms with van der Waals surface area (Å²) in [4.78, 5) is 12.3. The number of nitrogens with two attached hydrogens (primary N) is 1. The minimum Gasteiger partial charge on any atom is -0.399 e. The van der Waals surface area contributed by atoms with E-state index in [1.807, 2.05) is 37.3 Å². The molecule has 0 saturated heterocycles. The lowest BCUT2D eigenvalue weighted by atomic mass is 9.96. The molecule has 0 aliphatic heterocycles. The van der Waals surface area contributed by atoms with Gasteiger partial charge in [0.05, 0.1) is 0 Å². The molecule has 2 aromatic rings. The molecular weight excluding hydrogens is 260 g/mol. The molecule has 21 heavy (non-hydrogen) atoms. The Morgan fingerprint density at radius 2 is 1.90 bits per heavy atom. The molecule has 0 aliphatic carbocycles. The van der Waals surface area contributed by atoms with Crippen LogP contribution in [0.1, 0.15) is 40.7 Å². The average molecular weight is 282 g/mol. The number of aryl methyl sites for hydroxylation is 1. The van der Waals surface area contributed by atoms with Gasteiger partial charge in [0.25, 0.3) is 5.91 Å². The van der Waals surface area contributed by atoms with E-state index in [0.29, 0.717) is 23.7 Å². The van der Waals surface area contributed by atoms with Crippen molar-refractivity contribution >= 4 is 11.6 Å². The Morgan fingerprint density at radius 3 is 2.57 bits per heavy atom. The van der Waals surface area contributed by atoms with Crippen molar-refractivity contribution < 1.29 is 4.79 Å². The third-order valence-electron chi connectivity index (χ3n) is 3.78. The number of rotatable bonds is 5. The van der Waals surface area contributed by atoms with Crippen molar-refractivity contribution in [2.75, 3.05) is 12.3 Å². The van der Waals surface area contributed by atoms with Crippen LogP contribution in [0.2, 0.25) is 0 Å². The fraction of sp³-hybridized carbons (Fsp3) is 0.278. The Labute approximate surface area is 126 Å². The smallest absolute Gasteiger partial charge is 0.251 e. The van der Waals surface area contributed by atoms with Crippen LogP contribution in [0.25, 0.3) is 0 Å². The summed E-state index contributed by atoms with van der Waals surface area (Å²) < 4.78 is 0. The highest BCUT2D eigenvalue weighted by molar-refractivity contribution is 5.96. The molecule has 2 aromatic carbocycles. The molecular formula is C18H22N2O. The van der Waals surface area contributed by atoms with E-state index in [2.05, 4.69) is 24.4 Å². The number of nitrogens with one attached hydrogen (secondary N) is 1. The first-order valence-corrected chi connectivity index (χ1v) is 7.31. The van der Waals surface area contributed by atoms with Crippen LogP contribution in [0.4, 0.5) is 5.69 Å². The normalized spacial score (nSPS) is 11.9. The Morgan fingerprint density at radius 1 is 1.19 bits per heavy atom. The molecule has 0 aliphatic rings. The van der Waals surface area contributed by atoms with Crippen LogP contribution in [0, 0.1) is 6.92 Å². The lowest BCUT2D eigenvalue weighted by Gasteiger charge is -2.17. The Kier molecular flexibility index (Phi) is 4.99. The second-order valence-electron chi connectivity index (χ2n) is 5.30. The van der Waals surface area contributed by atoms with Gasteiger partial charge in [-0.15, -0.1) is 0 Å². The minimum atomic E-state index is -0.0609. The zero-order valence-corrected chi connectivity index (χ0v) is 12.6. The number of hydrogen-bond donors (Lipinski definition) is 2. The van der Waals surface area contributed by atoms with Gasteiger partial charge >= 0.3 is 0 Å². The topological polar surface area (TPSA) is 55.1 Å². The largest absolute Gasteiger partial charge is 0.399 e. The first-order chi connectivity index (χ1) is 10.1. The Hall–Kier alpha value is -2.29. The number of benzene rings is 2. The van der Waals surface area contributed by atoms with Gasteiger partial charge in [0.15, 0.2) is 0 Å². The third kappa shape index (κ3) is 3.85. The molecule has 0 saturated carbocycles. The van der Waals surface area contributed by atoms with Crippen molar-refractivity contribution in [2.24, 2.45) is 0 Å². The number of carbonyl (C=O) groups is 1. The van der Waals surface area contributed by atoms with Crippen LogP contribution in [0.3, 0.4) is 0 Å². The quantitative estimate of drug-likeness (QED) is 0.825. The summed E-state index contributed by atoms with van der Waals surface area (Å²) in [6, 6.07) is 15.7. The molecule has 1 atom stereocenters. The molecule has 1 unspecified atom stereocenters. The van der Waals surface area contributed by atoms with E-state index < -0.39 is 0 Å². The zero-order valence-electron chi connectivity index (χ0n) is 12.6. The standard InChI is InChI=1S/C18H22N2O/c1-3-14(15-7-5-4-6-8-15)12-20-18(21)17-11-16(19)10-9-13(17)2/h4-11,14H,3,12,19H2,1-2H3,(H,20,21). The lowest BCUT2D eigenvalue weighted by Crippen LogP contribution is -2.28. The molecule has 3 N–H and O–H groups in total. The van der Waals surface area contributed by atoms with Gasteiger partial charge in [-0.25, -0.2) is 0 Å². The monoisotopic (exact) mass is 282 g/mol. The number of amides is 1. The van der Waals surface area contributed by atoms with Crippen LogP contribution < -0.4 is 11.1 Å². The van der Waals surface area contributed by atoms with Gasteiger partial charge in [0.1, 0.15) is 0 Å². The first kappa shape index (κ1) is 15.1. The van der Waals surface area contributed by atoms with Crippen LogP contribution in [-0.4, -0.2) is 12.5 Å². The second kappa shape index (κ2) is 6.93. The zero-order chi connectivity index (χ0) is 15.2. The Bertz CT molecular complexity index is 608. The summed E-state index contributed by atoms with van der Waals surface area (Å²) in [7, 11) is 0. The molecule has 0 spiro atoms. The van der Waals surface area contributed by atoms with E-state index >= 15 is 0 Å². The van der Waals surface area contributed by atoms with E-state index in [-0.39, 0.29) is 5.91 Å². The van der Waals surface area contributed by atoms with Gasteiger partial charge < -0.3 is 11.1 Å². The summed E-state index contributed by atoms with van der Waals surface area (Å²) in [6.45, 7) is 4.69. The molecule has 0 heterocycles. The molecule has 0 aromatic heterocycles. The van der Waals surface area contributed by atoms with E-state index in [1.165, 1.54) is 5.56 Å². The molecule has 3 heteroatoms. The van der Waals surface area contributed by atoms with E-state index in [1.54, 1.807) is 6.07 Å². The maximum absolute atomic E-state index is 12.3. The second-order valence-corrected chi connectivity index (χ2v) is 5.30. The molecule has 3 nitrogen and oxygen atoms in total. The predicted molar refractivity (Wildman–Crippen MR) is 87.4 cm³/mol. The molecule has 2 rings (SSSR count). The van der Waals surface area contributed by atoms with Gasteiger partial charge in [-0.3, -0.25) is 4.79 Å². The average Bonchev–Trinajstić information content (AvgIpc) is 2.51. The highest BCUT2D eigenvalue weighted by Gasteiger charge is 2.13. The highest BCUT2D eigenvalue weighted by atomic mass is 16.1. The number of anilines is 1. The van der Waals surface area contributed by atoms with Crippen LogP contribution in [-0.2, 0) is 0 Å². The SMILES string of the molecule is CCC(CNC(=O)c1cc(N)ccc1C)c1ccccc1. The predicted octanol–water partition coefficient (Wildman–Crippen LogP) is 3.50.